The molecule has 4 aliphatic carbocycles. The number of ether oxygens (including phenoxy) is 1. The topological polar surface area (TPSA) is 106 Å². The van der Waals surface area contributed by atoms with Crippen LogP contribution in [0.1, 0.15) is 63.9 Å². The molecule has 8 nitrogen and oxygen atoms in total. The molecular formula is C24H30N4O4. The molecule has 4 fully saturated rings. The lowest BCUT2D eigenvalue weighted by atomic mass is 9.53. The highest BCUT2D eigenvalue weighted by Crippen LogP contribution is 2.55. The summed E-state index contributed by atoms with van der Waals surface area (Å²) in [6, 6.07) is 9.23. The van der Waals surface area contributed by atoms with Crippen molar-refractivity contribution in [3.05, 3.63) is 36.2 Å². The molecule has 4 saturated carbocycles. The maximum Gasteiger partial charge on any atom is 0.315 e. The van der Waals surface area contributed by atoms with Gasteiger partial charge < -0.3 is 19.8 Å². The molecule has 1 unspecified atom stereocenters. The van der Waals surface area contributed by atoms with Crippen LogP contribution >= 0.6 is 0 Å². The zero-order valence-electron chi connectivity index (χ0n) is 18.4. The molecule has 1 heterocycles. The van der Waals surface area contributed by atoms with Gasteiger partial charge in [0.2, 0.25) is 5.89 Å². The Morgan fingerprint density at radius 1 is 1.09 bits per heavy atom. The number of aromatic nitrogens is 2. The highest BCUT2D eigenvalue weighted by atomic mass is 16.6. The largest absolute Gasteiger partial charge is 0.453 e. The minimum Gasteiger partial charge on any atom is -0.453 e. The van der Waals surface area contributed by atoms with Gasteiger partial charge >= 0.3 is 12.0 Å². The molecule has 32 heavy (non-hydrogen) atoms. The van der Waals surface area contributed by atoms with Crippen LogP contribution in [0, 0.1) is 17.8 Å². The molecule has 1 aromatic carbocycles. The molecule has 1 aromatic heterocycles. The van der Waals surface area contributed by atoms with Gasteiger partial charge in [-0.2, -0.15) is 0 Å². The molecule has 4 aliphatic rings. The third kappa shape index (κ3) is 4.49. The van der Waals surface area contributed by atoms with Gasteiger partial charge in [0.15, 0.2) is 6.10 Å². The van der Waals surface area contributed by atoms with E-state index in [2.05, 4.69) is 20.8 Å². The van der Waals surface area contributed by atoms with Crippen molar-refractivity contribution < 1.29 is 18.7 Å². The van der Waals surface area contributed by atoms with Crippen molar-refractivity contribution in [3.63, 3.8) is 0 Å². The Kier molecular flexibility index (Phi) is 5.61. The van der Waals surface area contributed by atoms with Crippen LogP contribution in [-0.4, -0.2) is 34.3 Å². The second-order valence-electron chi connectivity index (χ2n) is 9.77. The number of hydrogen-bond acceptors (Lipinski definition) is 6. The van der Waals surface area contributed by atoms with Gasteiger partial charge in [0.05, 0.1) is 6.42 Å². The molecular weight excluding hydrogens is 408 g/mol. The Bertz CT molecular complexity index is 938. The lowest BCUT2D eigenvalue weighted by Crippen LogP contribution is -2.61. The zero-order valence-corrected chi connectivity index (χ0v) is 18.4. The van der Waals surface area contributed by atoms with Crippen molar-refractivity contribution in [2.24, 2.45) is 17.8 Å². The minimum absolute atomic E-state index is 0.0394. The summed E-state index contributed by atoms with van der Waals surface area (Å²) in [5.41, 5.74) is 0.765. The van der Waals surface area contributed by atoms with E-state index in [0.717, 1.165) is 42.6 Å². The fourth-order valence-corrected chi connectivity index (χ4v) is 6.23. The second kappa shape index (κ2) is 8.56. The van der Waals surface area contributed by atoms with Crippen LogP contribution < -0.4 is 10.6 Å². The first-order valence-electron chi connectivity index (χ1n) is 11.6. The first-order valence-corrected chi connectivity index (χ1v) is 11.6. The van der Waals surface area contributed by atoms with Crippen LogP contribution in [-0.2, 0) is 9.53 Å². The highest BCUT2D eigenvalue weighted by Gasteiger charge is 2.51. The number of hydrogen-bond donors (Lipinski definition) is 2. The number of carbonyl (C=O) groups excluding carboxylic acids is 2. The number of nitrogens with one attached hydrogen (secondary N) is 2. The predicted molar refractivity (Wildman–Crippen MR) is 116 cm³/mol. The van der Waals surface area contributed by atoms with Gasteiger partial charge in [-0.1, -0.05) is 18.2 Å². The number of benzene rings is 1. The predicted octanol–water partition coefficient (Wildman–Crippen LogP) is 4.00. The van der Waals surface area contributed by atoms with Crippen molar-refractivity contribution in [2.75, 3.05) is 6.54 Å². The fraction of sp³-hybridized carbons (Fsp3) is 0.583. The summed E-state index contributed by atoms with van der Waals surface area (Å²) in [5.74, 6) is 2.50. The number of esters is 1. The summed E-state index contributed by atoms with van der Waals surface area (Å²) in [7, 11) is 0. The van der Waals surface area contributed by atoms with Crippen molar-refractivity contribution in [3.8, 4) is 11.5 Å². The van der Waals surface area contributed by atoms with E-state index in [1.54, 1.807) is 6.92 Å². The van der Waals surface area contributed by atoms with E-state index < -0.39 is 12.1 Å². The lowest BCUT2D eigenvalue weighted by Gasteiger charge is -2.56. The molecule has 2 N–H and O–H groups in total. The number of amides is 2. The van der Waals surface area contributed by atoms with Gasteiger partial charge in [0, 0.05) is 17.6 Å². The van der Waals surface area contributed by atoms with Crippen LogP contribution in [0.5, 0.6) is 0 Å². The lowest BCUT2D eigenvalue weighted by molar-refractivity contribution is -0.149. The monoisotopic (exact) mass is 438 g/mol. The Balaban J connectivity index is 1.06. The molecule has 8 heteroatoms. The van der Waals surface area contributed by atoms with Crippen LogP contribution in [0.15, 0.2) is 34.7 Å². The van der Waals surface area contributed by atoms with Gasteiger partial charge in [-0.15, -0.1) is 10.2 Å². The van der Waals surface area contributed by atoms with E-state index in [-0.39, 0.29) is 30.4 Å². The molecule has 0 spiro atoms. The molecule has 4 bridgehead atoms. The van der Waals surface area contributed by atoms with Crippen LogP contribution in [0.3, 0.4) is 0 Å². The van der Waals surface area contributed by atoms with Crippen molar-refractivity contribution in [2.45, 2.75) is 63.5 Å². The van der Waals surface area contributed by atoms with E-state index in [4.69, 9.17) is 9.15 Å². The molecule has 0 radical (unpaired) electrons. The molecule has 2 aromatic rings. The Hall–Kier alpha value is -2.90. The Labute approximate surface area is 187 Å². The van der Waals surface area contributed by atoms with Gasteiger partial charge in [-0.05, 0) is 75.3 Å². The summed E-state index contributed by atoms with van der Waals surface area (Å²) in [5, 5.41) is 14.1. The third-order valence-corrected chi connectivity index (χ3v) is 7.15. The van der Waals surface area contributed by atoms with E-state index in [0.29, 0.717) is 5.89 Å². The van der Waals surface area contributed by atoms with Crippen LogP contribution in [0.25, 0.3) is 11.5 Å². The fourth-order valence-electron chi connectivity index (χ4n) is 6.23. The van der Waals surface area contributed by atoms with Crippen LogP contribution in [0.2, 0.25) is 0 Å². The quantitative estimate of drug-likeness (QED) is 0.633. The maximum atomic E-state index is 12.5. The number of nitrogens with zero attached hydrogens (tertiary/aromatic N) is 2. The maximum absolute atomic E-state index is 12.5. The van der Waals surface area contributed by atoms with Crippen molar-refractivity contribution in [1.29, 1.82) is 0 Å². The summed E-state index contributed by atoms with van der Waals surface area (Å²) < 4.78 is 11.0. The molecule has 1 atom stereocenters. The third-order valence-electron chi connectivity index (χ3n) is 7.15. The summed E-state index contributed by atoms with van der Waals surface area (Å²) in [4.78, 5) is 24.7. The standard InChI is InChI=1S/C24H30N4O4/c1-15(21-27-28-22(32-21)19-5-3-2-4-6-19)31-20(29)7-8-25-23(30)26-24-12-16-9-17(13-24)11-18(10-16)14-24/h2-6,15-18H,7-14H2,1H3,(H2,25,26,30). The Morgan fingerprint density at radius 3 is 2.41 bits per heavy atom. The van der Waals surface area contributed by atoms with Crippen LogP contribution in [0.4, 0.5) is 4.79 Å². The SMILES string of the molecule is CC(OC(=O)CCNC(=O)NC12CC3CC(CC(C3)C1)C2)c1nnc(-c2ccccc2)o1. The van der Waals surface area contributed by atoms with Gasteiger partial charge in [0.25, 0.3) is 5.89 Å². The number of rotatable bonds is 7. The van der Waals surface area contributed by atoms with Crippen molar-refractivity contribution in [1.82, 2.24) is 20.8 Å². The normalized spacial score (nSPS) is 28.8. The zero-order chi connectivity index (χ0) is 22.1. The molecule has 170 valence electrons. The average molecular weight is 439 g/mol. The second-order valence-corrected chi connectivity index (χ2v) is 9.77. The average Bonchev–Trinajstić information content (AvgIpc) is 3.23. The minimum atomic E-state index is -0.659. The van der Waals surface area contributed by atoms with Gasteiger partial charge in [-0.25, -0.2) is 4.79 Å². The number of urea groups is 1. The van der Waals surface area contributed by atoms with Gasteiger partial charge in [-0.3, -0.25) is 4.79 Å². The Morgan fingerprint density at radius 2 is 1.75 bits per heavy atom. The molecule has 6 rings (SSSR count). The molecule has 0 aliphatic heterocycles. The number of carbonyl (C=O) groups is 2. The van der Waals surface area contributed by atoms with E-state index >= 15 is 0 Å². The van der Waals surface area contributed by atoms with Gasteiger partial charge in [0.1, 0.15) is 0 Å². The molecule has 2 amide bonds. The smallest absolute Gasteiger partial charge is 0.315 e. The van der Waals surface area contributed by atoms with E-state index in [1.807, 2.05) is 30.3 Å². The summed E-state index contributed by atoms with van der Waals surface area (Å²) in [6.07, 6.45) is 6.72. The summed E-state index contributed by atoms with van der Waals surface area (Å²) >= 11 is 0. The first-order chi connectivity index (χ1) is 15.5. The summed E-state index contributed by atoms with van der Waals surface area (Å²) in [6.45, 7) is 1.91. The van der Waals surface area contributed by atoms with Crippen molar-refractivity contribution >= 4 is 12.0 Å². The van der Waals surface area contributed by atoms with E-state index in [1.165, 1.54) is 19.3 Å². The first kappa shape index (κ1) is 21.0. The van der Waals surface area contributed by atoms with E-state index in [9.17, 15) is 9.59 Å². The highest BCUT2D eigenvalue weighted by molar-refractivity contribution is 5.76. The molecule has 0 saturated heterocycles.